The van der Waals surface area contributed by atoms with Gasteiger partial charge >= 0.3 is 13.5 Å². The summed E-state index contributed by atoms with van der Waals surface area (Å²) >= 11 is 0. The van der Waals surface area contributed by atoms with Crippen molar-refractivity contribution >= 4 is 18.9 Å². The summed E-state index contributed by atoms with van der Waals surface area (Å²) in [7, 11) is 1.33. The average molecular weight is 207 g/mol. The Morgan fingerprint density at radius 1 is 1.53 bits per heavy atom. The van der Waals surface area contributed by atoms with Crippen molar-refractivity contribution < 1.29 is 14.6 Å². The fourth-order valence-electron chi connectivity index (χ4n) is 1.27. The van der Waals surface area contributed by atoms with E-state index in [0.29, 0.717) is 6.42 Å². The van der Waals surface area contributed by atoms with E-state index in [0.717, 1.165) is 11.0 Å². The zero-order chi connectivity index (χ0) is 11.3. The molecule has 1 aromatic carbocycles. The fraction of sp³-hybridized carbons (Fsp3) is 0.300. The maximum atomic E-state index is 11.1. The fourth-order valence-corrected chi connectivity index (χ4v) is 1.27. The zero-order valence-corrected chi connectivity index (χ0v) is 8.64. The molecule has 0 unspecified atom stereocenters. The van der Waals surface area contributed by atoms with Crippen molar-refractivity contribution in [3.8, 4) is 0 Å². The van der Waals surface area contributed by atoms with Crippen LogP contribution in [0.1, 0.15) is 5.56 Å². The van der Waals surface area contributed by atoms with Crippen LogP contribution in [0, 0.1) is 0 Å². The van der Waals surface area contributed by atoms with Gasteiger partial charge in [0.1, 0.15) is 6.04 Å². The quantitative estimate of drug-likeness (QED) is 0.475. The maximum absolute atomic E-state index is 11.1. The van der Waals surface area contributed by atoms with Gasteiger partial charge in [-0.15, -0.1) is 0 Å². The summed E-state index contributed by atoms with van der Waals surface area (Å²) in [6.45, 7) is 0. The third kappa shape index (κ3) is 3.38. The molecule has 1 rings (SSSR count). The molecule has 4 nitrogen and oxygen atoms in total. The van der Waals surface area contributed by atoms with Gasteiger partial charge in [0, 0.05) is 0 Å². The molecule has 0 aliphatic rings. The van der Waals surface area contributed by atoms with E-state index in [2.05, 4.69) is 4.74 Å². The monoisotopic (exact) mass is 207 g/mol. The third-order valence-electron chi connectivity index (χ3n) is 2.17. The van der Waals surface area contributed by atoms with Gasteiger partial charge in [-0.05, 0) is 12.0 Å². The van der Waals surface area contributed by atoms with E-state index in [-0.39, 0.29) is 7.48 Å². The summed E-state index contributed by atoms with van der Waals surface area (Å²) in [5.41, 5.74) is 7.39. The molecule has 1 aromatic rings. The first-order chi connectivity index (χ1) is 7.17. The minimum atomic E-state index is -0.630. The molecule has 0 saturated heterocycles. The Balaban J connectivity index is 2.60. The number of methoxy groups -OCH3 is 1. The largest absolute Gasteiger partial charge is 0.468 e. The summed E-state index contributed by atoms with van der Waals surface area (Å²) in [6.07, 6.45) is 0.443. The van der Waals surface area contributed by atoms with Crippen LogP contribution >= 0.6 is 0 Å². The number of nitrogens with two attached hydrogens (primary N) is 1. The number of ether oxygens (including phenoxy) is 1. The summed E-state index contributed by atoms with van der Waals surface area (Å²) in [5, 5.41) is 8.84. The Labute approximate surface area is 89.3 Å². The molecule has 0 spiro atoms. The smallest absolute Gasteiger partial charge is 0.322 e. The number of hydrogen-bond donors (Lipinski definition) is 2. The maximum Gasteiger partial charge on any atom is 0.322 e. The van der Waals surface area contributed by atoms with E-state index >= 15 is 0 Å². The van der Waals surface area contributed by atoms with Crippen molar-refractivity contribution in [1.29, 1.82) is 0 Å². The summed E-state index contributed by atoms with van der Waals surface area (Å²) in [5.74, 6) is -0.416. The van der Waals surface area contributed by atoms with E-state index in [1.165, 1.54) is 7.11 Å². The molecule has 0 aliphatic heterocycles. The van der Waals surface area contributed by atoms with E-state index in [4.69, 9.17) is 10.8 Å². The molecule has 15 heavy (non-hydrogen) atoms. The van der Waals surface area contributed by atoms with Crippen molar-refractivity contribution in [2.75, 3.05) is 7.11 Å². The Hall–Kier alpha value is -1.33. The number of carbonyl (C=O) groups is 1. The second-order valence-corrected chi connectivity index (χ2v) is 3.31. The highest BCUT2D eigenvalue weighted by molar-refractivity contribution is 6.45. The number of hydrogen-bond acceptors (Lipinski definition) is 4. The lowest BCUT2D eigenvalue weighted by molar-refractivity contribution is -0.142. The first-order valence-corrected chi connectivity index (χ1v) is 4.69. The van der Waals surface area contributed by atoms with Crippen LogP contribution in [-0.4, -0.2) is 31.6 Å². The van der Waals surface area contributed by atoms with Crippen molar-refractivity contribution in [3.63, 3.8) is 0 Å². The molecule has 0 fully saturated rings. The van der Waals surface area contributed by atoms with Crippen LogP contribution in [0.25, 0.3) is 0 Å². The molecule has 3 N–H and O–H groups in total. The second-order valence-electron chi connectivity index (χ2n) is 3.31. The van der Waals surface area contributed by atoms with Crippen LogP contribution in [0.4, 0.5) is 0 Å². The molecule has 0 saturated carbocycles. The van der Waals surface area contributed by atoms with Crippen LogP contribution < -0.4 is 11.2 Å². The van der Waals surface area contributed by atoms with Gasteiger partial charge in [-0.2, -0.15) is 0 Å². The minimum Gasteiger partial charge on any atom is -0.468 e. The van der Waals surface area contributed by atoms with Gasteiger partial charge in [-0.25, -0.2) is 0 Å². The van der Waals surface area contributed by atoms with Crippen molar-refractivity contribution in [2.24, 2.45) is 5.73 Å². The molecule has 1 atom stereocenters. The number of esters is 1. The highest BCUT2D eigenvalue weighted by Crippen LogP contribution is 2.01. The number of carbonyl (C=O) groups excluding carboxylic acids is 1. The summed E-state index contributed by atoms with van der Waals surface area (Å²) < 4.78 is 4.53. The molecule has 80 valence electrons. The van der Waals surface area contributed by atoms with Crippen LogP contribution in [0.2, 0.25) is 0 Å². The first kappa shape index (κ1) is 11.7. The summed E-state index contributed by atoms with van der Waals surface area (Å²) in [6, 6.07) is 6.66. The molecule has 0 amide bonds. The highest BCUT2D eigenvalue weighted by Gasteiger charge is 2.13. The Bertz CT molecular complexity index is 326. The molecule has 0 heterocycles. The predicted molar refractivity (Wildman–Crippen MR) is 59.1 cm³/mol. The van der Waals surface area contributed by atoms with Crippen LogP contribution in [0.3, 0.4) is 0 Å². The second kappa shape index (κ2) is 5.53. The molecule has 0 radical (unpaired) electrons. The topological polar surface area (TPSA) is 72.5 Å². The van der Waals surface area contributed by atoms with E-state index in [1.54, 1.807) is 12.1 Å². The van der Waals surface area contributed by atoms with E-state index < -0.39 is 12.0 Å². The molecular formula is C10H14BNO3. The van der Waals surface area contributed by atoms with Crippen LogP contribution in [0.5, 0.6) is 0 Å². The van der Waals surface area contributed by atoms with Gasteiger partial charge in [0.25, 0.3) is 0 Å². The average Bonchev–Trinajstić information content (AvgIpc) is 2.29. The molecular weight excluding hydrogens is 193 g/mol. The lowest BCUT2D eigenvalue weighted by Crippen LogP contribution is -2.33. The number of rotatable bonds is 4. The van der Waals surface area contributed by atoms with Crippen molar-refractivity contribution in [2.45, 2.75) is 12.5 Å². The lowest BCUT2D eigenvalue weighted by atomic mass is 9.88. The SMILES string of the molecule is COC(=O)[C@@H](N)Cc1ccc(BO)cc1. The minimum absolute atomic E-state index is 0.0172. The van der Waals surface area contributed by atoms with Gasteiger partial charge in [-0.3, -0.25) is 4.79 Å². The zero-order valence-electron chi connectivity index (χ0n) is 8.64. The molecule has 0 bridgehead atoms. The Morgan fingerprint density at radius 3 is 2.60 bits per heavy atom. The van der Waals surface area contributed by atoms with Crippen molar-refractivity contribution in [3.05, 3.63) is 29.8 Å². The van der Waals surface area contributed by atoms with Crippen LogP contribution in [-0.2, 0) is 16.0 Å². The van der Waals surface area contributed by atoms with E-state index in [9.17, 15) is 4.79 Å². The normalized spacial score (nSPS) is 11.9. The van der Waals surface area contributed by atoms with Gasteiger partial charge in [0.15, 0.2) is 0 Å². The van der Waals surface area contributed by atoms with Gasteiger partial charge in [-0.1, -0.05) is 29.7 Å². The third-order valence-corrected chi connectivity index (χ3v) is 2.17. The Morgan fingerprint density at radius 2 is 2.13 bits per heavy atom. The highest BCUT2D eigenvalue weighted by atomic mass is 16.5. The van der Waals surface area contributed by atoms with Crippen LogP contribution in [0.15, 0.2) is 24.3 Å². The predicted octanol–water partition coefficient (Wildman–Crippen LogP) is -1.30. The first-order valence-electron chi connectivity index (χ1n) is 4.69. The van der Waals surface area contributed by atoms with E-state index in [1.807, 2.05) is 12.1 Å². The Kier molecular flexibility index (Phi) is 4.33. The van der Waals surface area contributed by atoms with Gasteiger partial charge in [0.2, 0.25) is 0 Å². The standard InChI is InChI=1S/C10H14BNO3/c1-15-10(13)9(12)6-7-2-4-8(11-14)5-3-7/h2-5,9,11,14H,6,12H2,1H3/t9-/m0/s1. The van der Waals surface area contributed by atoms with Crippen molar-refractivity contribution in [1.82, 2.24) is 0 Å². The molecule has 0 aliphatic carbocycles. The molecule has 0 aromatic heterocycles. The summed E-state index contributed by atoms with van der Waals surface area (Å²) in [4.78, 5) is 11.1. The van der Waals surface area contributed by atoms with Gasteiger partial charge < -0.3 is 15.5 Å². The number of benzene rings is 1. The van der Waals surface area contributed by atoms with Gasteiger partial charge in [0.05, 0.1) is 7.11 Å². The lowest BCUT2D eigenvalue weighted by Gasteiger charge is -2.09. The molecule has 5 heteroatoms.